The van der Waals surface area contributed by atoms with Crippen molar-refractivity contribution in [1.82, 2.24) is 20.0 Å². The molecule has 33 heavy (non-hydrogen) atoms. The van der Waals surface area contributed by atoms with Crippen LogP contribution in [0.4, 0.5) is 5.69 Å². The van der Waals surface area contributed by atoms with E-state index in [2.05, 4.69) is 72.9 Å². The number of aryl methyl sites for hydroxylation is 1. The Bertz CT molecular complexity index is 1180. The quantitative estimate of drug-likeness (QED) is 0.522. The molecule has 0 spiro atoms. The maximum absolute atomic E-state index is 4.77. The lowest BCUT2D eigenvalue weighted by Crippen LogP contribution is -2.21. The Morgan fingerprint density at radius 1 is 1.18 bits per heavy atom. The average molecular weight is 441 g/mol. The van der Waals surface area contributed by atoms with Gasteiger partial charge in [-0.25, -0.2) is 0 Å². The summed E-state index contributed by atoms with van der Waals surface area (Å²) in [5.41, 5.74) is 8.41. The minimum Gasteiger partial charge on any atom is -0.345 e. The fourth-order valence-corrected chi connectivity index (χ4v) is 4.96. The zero-order valence-corrected chi connectivity index (χ0v) is 19.8. The summed E-state index contributed by atoms with van der Waals surface area (Å²) in [5.74, 6) is 0.489. The van der Waals surface area contributed by atoms with Gasteiger partial charge in [0.2, 0.25) is 0 Å². The lowest BCUT2D eigenvalue weighted by Gasteiger charge is -2.23. The van der Waals surface area contributed by atoms with Gasteiger partial charge in [-0.1, -0.05) is 37.8 Å². The second-order valence-corrected chi connectivity index (χ2v) is 9.91. The van der Waals surface area contributed by atoms with Crippen LogP contribution in [0, 0.1) is 18.3 Å². The van der Waals surface area contributed by atoms with E-state index in [9.17, 15) is 0 Å². The Labute approximate surface area is 196 Å². The van der Waals surface area contributed by atoms with E-state index >= 15 is 0 Å². The number of benzene rings is 1. The first-order valence-corrected chi connectivity index (χ1v) is 11.8. The van der Waals surface area contributed by atoms with Crippen molar-refractivity contribution in [2.45, 2.75) is 46.6 Å². The predicted molar refractivity (Wildman–Crippen MR) is 133 cm³/mol. The van der Waals surface area contributed by atoms with Crippen molar-refractivity contribution in [2.75, 3.05) is 18.0 Å². The van der Waals surface area contributed by atoms with Gasteiger partial charge in [-0.3, -0.25) is 14.7 Å². The Morgan fingerprint density at radius 2 is 2.03 bits per heavy atom. The molecule has 5 rings (SSSR count). The average Bonchev–Trinajstić information content (AvgIpc) is 3.55. The molecular weight excluding hydrogens is 408 g/mol. The molecule has 170 valence electrons. The summed E-state index contributed by atoms with van der Waals surface area (Å²) in [6.45, 7) is 13.8. The summed E-state index contributed by atoms with van der Waals surface area (Å²) < 4.78 is 1.91. The van der Waals surface area contributed by atoms with E-state index in [1.165, 1.54) is 22.5 Å². The maximum atomic E-state index is 4.77. The zero-order valence-electron chi connectivity index (χ0n) is 19.8. The number of anilines is 1. The number of hydrogen-bond acceptors (Lipinski definition) is 5. The van der Waals surface area contributed by atoms with Gasteiger partial charge in [0.05, 0.1) is 17.6 Å². The Hall–Kier alpha value is -3.28. The highest BCUT2D eigenvalue weighted by atomic mass is 15.4. The van der Waals surface area contributed by atoms with Crippen molar-refractivity contribution in [3.05, 3.63) is 72.5 Å². The van der Waals surface area contributed by atoms with Gasteiger partial charge >= 0.3 is 0 Å². The molecule has 3 aromatic rings. The molecule has 0 N–H and O–H groups in total. The van der Waals surface area contributed by atoms with Crippen molar-refractivity contribution >= 4 is 11.4 Å². The van der Waals surface area contributed by atoms with Crippen molar-refractivity contribution in [3.63, 3.8) is 0 Å². The van der Waals surface area contributed by atoms with Crippen LogP contribution in [0.25, 0.3) is 11.1 Å². The van der Waals surface area contributed by atoms with Crippen LogP contribution in [0.15, 0.2) is 66.2 Å². The van der Waals surface area contributed by atoms with Crippen molar-refractivity contribution in [2.24, 2.45) is 16.3 Å². The molecule has 0 radical (unpaired) electrons. The number of nitrogens with zero attached hydrogens (tertiary/aromatic N) is 6. The Morgan fingerprint density at radius 3 is 2.70 bits per heavy atom. The summed E-state index contributed by atoms with van der Waals surface area (Å²) in [6.07, 6.45) is 8.78. The van der Waals surface area contributed by atoms with E-state index in [-0.39, 0.29) is 5.41 Å². The number of pyridine rings is 1. The molecule has 0 aliphatic carbocycles. The first-order chi connectivity index (χ1) is 15.9. The minimum atomic E-state index is 0.288. The number of aromatic nitrogens is 4. The van der Waals surface area contributed by atoms with Gasteiger partial charge in [0.1, 0.15) is 0 Å². The van der Waals surface area contributed by atoms with Gasteiger partial charge in [0, 0.05) is 54.9 Å². The van der Waals surface area contributed by atoms with E-state index < -0.39 is 0 Å². The fraction of sp³-hybridized carbons (Fsp3) is 0.407. The van der Waals surface area contributed by atoms with Crippen molar-refractivity contribution in [3.8, 4) is 11.1 Å². The number of allylic oxidation sites excluding steroid dienone is 1. The molecule has 0 amide bonds. The molecular formula is C27H32N6. The van der Waals surface area contributed by atoms with Crippen LogP contribution < -0.4 is 4.90 Å². The molecule has 0 bridgehead atoms. The molecule has 2 atom stereocenters. The van der Waals surface area contributed by atoms with Gasteiger partial charge in [-0.15, -0.1) is 5.10 Å². The first-order valence-electron chi connectivity index (χ1n) is 11.8. The van der Waals surface area contributed by atoms with Crippen LogP contribution in [0.2, 0.25) is 0 Å². The number of aliphatic imine (C=N–C) groups is 1. The van der Waals surface area contributed by atoms with Crippen molar-refractivity contribution in [1.29, 1.82) is 0 Å². The number of rotatable bonds is 6. The van der Waals surface area contributed by atoms with E-state index in [0.29, 0.717) is 5.92 Å². The molecule has 2 aromatic heterocycles. The van der Waals surface area contributed by atoms with Gasteiger partial charge in [-0.05, 0) is 60.9 Å². The minimum absolute atomic E-state index is 0.288. The second kappa shape index (κ2) is 8.58. The molecule has 1 saturated heterocycles. The SMILES string of the molecule is C=C1CC(Cn2ccnn2)CN1c1ccc(-c2ccc(C3=NCC(C)(CC)C3)nc2)cc1C. The fourth-order valence-electron chi connectivity index (χ4n) is 4.96. The molecule has 1 aromatic carbocycles. The highest BCUT2D eigenvalue weighted by Crippen LogP contribution is 2.36. The monoisotopic (exact) mass is 440 g/mol. The molecule has 2 aliphatic heterocycles. The van der Waals surface area contributed by atoms with E-state index in [1.54, 1.807) is 6.20 Å². The first kappa shape index (κ1) is 21.6. The smallest absolute Gasteiger partial charge is 0.0840 e. The molecule has 6 heteroatoms. The van der Waals surface area contributed by atoms with Crippen LogP contribution in [0.5, 0.6) is 0 Å². The van der Waals surface area contributed by atoms with Gasteiger partial charge < -0.3 is 4.90 Å². The maximum Gasteiger partial charge on any atom is 0.0840 e. The second-order valence-electron chi connectivity index (χ2n) is 9.91. The van der Waals surface area contributed by atoms with E-state index in [0.717, 1.165) is 55.9 Å². The van der Waals surface area contributed by atoms with Gasteiger partial charge in [-0.2, -0.15) is 0 Å². The largest absolute Gasteiger partial charge is 0.345 e. The van der Waals surface area contributed by atoms with Crippen LogP contribution >= 0.6 is 0 Å². The van der Waals surface area contributed by atoms with E-state index in [4.69, 9.17) is 9.98 Å². The summed E-state index contributed by atoms with van der Waals surface area (Å²) in [7, 11) is 0. The summed E-state index contributed by atoms with van der Waals surface area (Å²) >= 11 is 0. The highest BCUT2D eigenvalue weighted by Gasteiger charge is 2.30. The van der Waals surface area contributed by atoms with E-state index in [1.807, 2.05) is 17.1 Å². The third kappa shape index (κ3) is 4.34. The summed E-state index contributed by atoms with van der Waals surface area (Å²) in [6, 6.07) is 11.0. The van der Waals surface area contributed by atoms with Crippen molar-refractivity contribution < 1.29 is 0 Å². The standard InChI is InChI=1S/C27H32N6/c1-5-27(4)14-25(29-18-27)24-8-6-23(15-28-24)22-7-9-26(19(2)12-22)33-17-21(13-20(33)3)16-32-11-10-30-31-32/h6-12,15,21H,3,5,13-14,16-18H2,1-2,4H3. The topological polar surface area (TPSA) is 59.2 Å². The van der Waals surface area contributed by atoms with Gasteiger partial charge in [0.25, 0.3) is 0 Å². The molecule has 6 nitrogen and oxygen atoms in total. The zero-order chi connectivity index (χ0) is 23.0. The summed E-state index contributed by atoms with van der Waals surface area (Å²) in [5, 5.41) is 8.03. The lowest BCUT2D eigenvalue weighted by molar-refractivity contribution is 0.359. The molecule has 0 saturated carbocycles. The normalized spacial score (nSPS) is 22.8. The Balaban J connectivity index is 1.30. The number of hydrogen-bond donors (Lipinski definition) is 0. The van der Waals surface area contributed by atoms with Crippen LogP contribution in [-0.2, 0) is 6.54 Å². The third-order valence-corrected chi connectivity index (χ3v) is 7.24. The highest BCUT2D eigenvalue weighted by molar-refractivity contribution is 6.00. The van der Waals surface area contributed by atoms with Gasteiger partial charge in [0.15, 0.2) is 0 Å². The van der Waals surface area contributed by atoms with Crippen LogP contribution in [-0.4, -0.2) is 38.8 Å². The third-order valence-electron chi connectivity index (χ3n) is 7.24. The molecule has 4 heterocycles. The molecule has 2 unspecified atom stereocenters. The predicted octanol–water partition coefficient (Wildman–Crippen LogP) is 5.30. The van der Waals surface area contributed by atoms with Crippen LogP contribution in [0.3, 0.4) is 0 Å². The molecule has 2 aliphatic rings. The van der Waals surface area contributed by atoms with Crippen LogP contribution in [0.1, 0.15) is 44.4 Å². The Kier molecular flexibility index (Phi) is 5.60. The summed E-state index contributed by atoms with van der Waals surface area (Å²) in [4.78, 5) is 11.9. The lowest BCUT2D eigenvalue weighted by atomic mass is 9.84. The molecule has 1 fully saturated rings.